The van der Waals surface area contributed by atoms with E-state index in [-0.39, 0.29) is 5.91 Å². The standard InChI is InChI=1S/C12H13N3OS/c1-10-4-5-11(17-10)12(16)15(8-2-6-13)9-3-7-14/h4-5H,2-3,8-9H2,1H3. The molecule has 0 N–H and O–H groups in total. The van der Waals surface area contributed by atoms with E-state index in [2.05, 4.69) is 0 Å². The van der Waals surface area contributed by atoms with Gasteiger partial charge in [0.15, 0.2) is 0 Å². The quantitative estimate of drug-likeness (QED) is 0.801. The van der Waals surface area contributed by atoms with Crippen LogP contribution in [0.1, 0.15) is 27.4 Å². The number of hydrogen-bond acceptors (Lipinski definition) is 4. The first-order valence-electron chi connectivity index (χ1n) is 5.28. The number of carbonyl (C=O) groups excluding carboxylic acids is 1. The van der Waals surface area contributed by atoms with Gasteiger partial charge in [-0.2, -0.15) is 10.5 Å². The van der Waals surface area contributed by atoms with Crippen LogP contribution >= 0.6 is 11.3 Å². The molecule has 0 aliphatic carbocycles. The topological polar surface area (TPSA) is 67.9 Å². The summed E-state index contributed by atoms with van der Waals surface area (Å²) < 4.78 is 0. The van der Waals surface area contributed by atoms with Crippen molar-refractivity contribution in [3.05, 3.63) is 21.9 Å². The van der Waals surface area contributed by atoms with Crippen LogP contribution in [0.25, 0.3) is 0 Å². The van der Waals surface area contributed by atoms with Crippen LogP contribution in [0.3, 0.4) is 0 Å². The Hall–Kier alpha value is -1.85. The van der Waals surface area contributed by atoms with Crippen LogP contribution in [0.2, 0.25) is 0 Å². The summed E-state index contributed by atoms with van der Waals surface area (Å²) in [5, 5.41) is 17.1. The molecule has 1 amide bonds. The molecule has 0 aliphatic heterocycles. The number of rotatable bonds is 5. The largest absolute Gasteiger partial charge is 0.336 e. The molecule has 0 atom stereocenters. The minimum atomic E-state index is -0.0893. The summed E-state index contributed by atoms with van der Waals surface area (Å²) in [6.07, 6.45) is 0.586. The number of thiophene rings is 1. The molecule has 17 heavy (non-hydrogen) atoms. The summed E-state index contributed by atoms with van der Waals surface area (Å²) in [5.41, 5.74) is 0. The Kier molecular flexibility index (Phi) is 5.19. The van der Waals surface area contributed by atoms with Gasteiger partial charge in [0, 0.05) is 18.0 Å². The predicted octanol–water partition coefficient (Wildman–Crippen LogP) is 2.33. The molecule has 0 saturated heterocycles. The molecule has 1 rings (SSSR count). The van der Waals surface area contributed by atoms with Crippen molar-refractivity contribution in [2.75, 3.05) is 13.1 Å². The average Bonchev–Trinajstić information content (AvgIpc) is 2.75. The Labute approximate surface area is 105 Å². The van der Waals surface area contributed by atoms with Gasteiger partial charge in [-0.1, -0.05) is 0 Å². The van der Waals surface area contributed by atoms with E-state index in [1.807, 2.05) is 25.1 Å². The summed E-state index contributed by atoms with van der Waals surface area (Å²) in [4.78, 5) is 15.4. The van der Waals surface area contributed by atoms with E-state index in [9.17, 15) is 4.79 Å². The molecule has 5 heteroatoms. The lowest BCUT2D eigenvalue weighted by atomic mass is 10.3. The fraction of sp³-hybridized carbons (Fsp3) is 0.417. The smallest absolute Gasteiger partial charge is 0.263 e. The minimum Gasteiger partial charge on any atom is -0.336 e. The molecule has 1 heterocycles. The maximum atomic E-state index is 12.1. The SMILES string of the molecule is Cc1ccc(C(=O)N(CCC#N)CCC#N)s1. The predicted molar refractivity (Wildman–Crippen MR) is 65.4 cm³/mol. The third kappa shape index (κ3) is 3.90. The monoisotopic (exact) mass is 247 g/mol. The highest BCUT2D eigenvalue weighted by Gasteiger charge is 2.16. The Morgan fingerprint density at radius 3 is 2.29 bits per heavy atom. The Balaban J connectivity index is 2.72. The van der Waals surface area contributed by atoms with E-state index < -0.39 is 0 Å². The molecule has 0 bridgehead atoms. The Morgan fingerprint density at radius 2 is 1.88 bits per heavy atom. The van der Waals surface area contributed by atoms with Gasteiger partial charge in [0.05, 0.1) is 29.9 Å². The molecular weight excluding hydrogens is 234 g/mol. The fourth-order valence-electron chi connectivity index (χ4n) is 1.39. The molecule has 88 valence electrons. The molecule has 0 aromatic carbocycles. The van der Waals surface area contributed by atoms with Crippen LogP contribution in [0.5, 0.6) is 0 Å². The zero-order valence-corrected chi connectivity index (χ0v) is 10.5. The Morgan fingerprint density at radius 1 is 1.29 bits per heavy atom. The van der Waals surface area contributed by atoms with Crippen LogP contribution in [-0.4, -0.2) is 23.9 Å². The molecule has 1 aromatic rings. The first-order chi connectivity index (χ1) is 8.19. The molecular formula is C12H13N3OS. The highest BCUT2D eigenvalue weighted by molar-refractivity contribution is 7.13. The van der Waals surface area contributed by atoms with Crippen LogP contribution in [0, 0.1) is 29.6 Å². The number of nitrogens with zero attached hydrogens (tertiary/aromatic N) is 3. The van der Waals surface area contributed by atoms with E-state index in [1.165, 1.54) is 11.3 Å². The second-order valence-electron chi connectivity index (χ2n) is 3.52. The van der Waals surface area contributed by atoms with Crippen molar-refractivity contribution in [2.45, 2.75) is 19.8 Å². The van der Waals surface area contributed by atoms with E-state index >= 15 is 0 Å². The molecule has 0 spiro atoms. The third-order valence-electron chi connectivity index (χ3n) is 2.23. The minimum absolute atomic E-state index is 0.0893. The lowest BCUT2D eigenvalue weighted by Crippen LogP contribution is -2.32. The second kappa shape index (κ2) is 6.67. The summed E-state index contributed by atoms with van der Waals surface area (Å²) in [5.74, 6) is -0.0893. The van der Waals surface area contributed by atoms with Crippen LogP contribution in [-0.2, 0) is 0 Å². The van der Waals surface area contributed by atoms with Crippen molar-refractivity contribution in [3.8, 4) is 12.1 Å². The third-order valence-corrected chi connectivity index (χ3v) is 3.21. The number of aryl methyl sites for hydroxylation is 1. The van der Waals surface area contributed by atoms with Crippen LogP contribution in [0.4, 0.5) is 0 Å². The van der Waals surface area contributed by atoms with Crippen molar-refractivity contribution in [2.24, 2.45) is 0 Å². The van der Waals surface area contributed by atoms with E-state index in [0.29, 0.717) is 30.8 Å². The number of carbonyl (C=O) groups is 1. The van der Waals surface area contributed by atoms with Gasteiger partial charge in [-0.3, -0.25) is 4.79 Å². The first-order valence-corrected chi connectivity index (χ1v) is 6.10. The van der Waals surface area contributed by atoms with Gasteiger partial charge in [0.2, 0.25) is 0 Å². The second-order valence-corrected chi connectivity index (χ2v) is 4.81. The van der Waals surface area contributed by atoms with Gasteiger partial charge in [0.1, 0.15) is 0 Å². The molecule has 4 nitrogen and oxygen atoms in total. The maximum Gasteiger partial charge on any atom is 0.263 e. The zero-order valence-electron chi connectivity index (χ0n) is 9.64. The first kappa shape index (κ1) is 13.2. The normalized spacial score (nSPS) is 9.35. The van der Waals surface area contributed by atoms with Gasteiger partial charge in [0.25, 0.3) is 5.91 Å². The highest BCUT2D eigenvalue weighted by atomic mass is 32.1. The summed E-state index contributed by atoms with van der Waals surface area (Å²) >= 11 is 1.43. The fourth-order valence-corrected chi connectivity index (χ4v) is 2.23. The number of amides is 1. The molecule has 0 saturated carbocycles. The maximum absolute atomic E-state index is 12.1. The van der Waals surface area contributed by atoms with Crippen molar-refractivity contribution >= 4 is 17.2 Å². The molecule has 0 fully saturated rings. The van der Waals surface area contributed by atoms with Crippen LogP contribution in [0.15, 0.2) is 12.1 Å². The number of nitriles is 2. The Bertz CT molecular complexity index is 449. The van der Waals surface area contributed by atoms with Crippen molar-refractivity contribution < 1.29 is 4.79 Å². The molecule has 1 aromatic heterocycles. The van der Waals surface area contributed by atoms with Crippen molar-refractivity contribution in [1.29, 1.82) is 10.5 Å². The lowest BCUT2D eigenvalue weighted by Gasteiger charge is -2.19. The van der Waals surface area contributed by atoms with Crippen molar-refractivity contribution in [1.82, 2.24) is 4.90 Å². The van der Waals surface area contributed by atoms with Gasteiger partial charge >= 0.3 is 0 Å². The van der Waals surface area contributed by atoms with Gasteiger partial charge in [-0.25, -0.2) is 0 Å². The highest BCUT2D eigenvalue weighted by Crippen LogP contribution is 2.17. The molecule has 0 aliphatic rings. The lowest BCUT2D eigenvalue weighted by molar-refractivity contribution is 0.0767. The van der Waals surface area contributed by atoms with Crippen molar-refractivity contribution in [3.63, 3.8) is 0 Å². The zero-order chi connectivity index (χ0) is 12.7. The average molecular weight is 247 g/mol. The van der Waals surface area contributed by atoms with Gasteiger partial charge in [-0.15, -0.1) is 11.3 Å². The summed E-state index contributed by atoms with van der Waals surface area (Å²) in [7, 11) is 0. The molecule has 0 radical (unpaired) electrons. The van der Waals surface area contributed by atoms with E-state index in [4.69, 9.17) is 10.5 Å². The van der Waals surface area contributed by atoms with Gasteiger partial charge in [-0.05, 0) is 19.1 Å². The summed E-state index contributed by atoms with van der Waals surface area (Å²) in [6.45, 7) is 2.71. The van der Waals surface area contributed by atoms with E-state index in [1.54, 1.807) is 11.0 Å². The van der Waals surface area contributed by atoms with Gasteiger partial charge < -0.3 is 4.90 Å². The molecule has 0 unspecified atom stereocenters. The summed E-state index contributed by atoms with van der Waals surface area (Å²) in [6, 6.07) is 7.70. The van der Waals surface area contributed by atoms with Crippen LogP contribution < -0.4 is 0 Å². The number of hydrogen-bond donors (Lipinski definition) is 0. The van der Waals surface area contributed by atoms with E-state index in [0.717, 1.165) is 4.88 Å².